The summed E-state index contributed by atoms with van der Waals surface area (Å²) in [6.45, 7) is 9.73. The van der Waals surface area contributed by atoms with Crippen LogP contribution in [0.4, 0.5) is 24.0 Å². The molecule has 0 saturated carbocycles. The molecule has 4 heterocycles. The van der Waals surface area contributed by atoms with E-state index in [1.165, 1.54) is 0 Å². The van der Waals surface area contributed by atoms with Crippen molar-refractivity contribution in [3.8, 4) is 0 Å². The summed E-state index contributed by atoms with van der Waals surface area (Å²) in [6, 6.07) is 6.71. The Morgan fingerprint density at radius 1 is 0.514 bits per heavy atom. The average molecular weight is 1010 g/mol. The maximum Gasteiger partial charge on any atom is 0.408 e. The monoisotopic (exact) mass is 1010 g/mol. The second-order valence-electron chi connectivity index (χ2n) is 20.4. The van der Waals surface area contributed by atoms with Crippen molar-refractivity contribution in [2.24, 2.45) is 10.8 Å². The van der Waals surface area contributed by atoms with Crippen molar-refractivity contribution in [2.75, 3.05) is 26.2 Å². The first-order valence-electron chi connectivity index (χ1n) is 25.7. The van der Waals surface area contributed by atoms with Crippen molar-refractivity contribution < 1.29 is 47.9 Å². The highest BCUT2D eigenvalue weighted by Crippen LogP contribution is 2.41. The molecule has 13 amide bonds. The number of benzene rings is 1. The van der Waals surface area contributed by atoms with Gasteiger partial charge in [-0.1, -0.05) is 83.7 Å². The molecule has 0 unspecified atom stereocenters. The summed E-state index contributed by atoms with van der Waals surface area (Å²) in [5.41, 5.74) is -2.06. The molecule has 0 aliphatic carbocycles. The lowest BCUT2D eigenvalue weighted by atomic mass is 9.70. The zero-order valence-corrected chi connectivity index (χ0v) is 42.5. The SMILES string of the molecule is CC1(C)C2NC(=O)NC1(CCCCC(=O)NCCCCCCNC(=O)CC[C@H](NC(=O)OCc1ccccc1)C(=O)NCCCCCCNC(=O)CCCCC13NC(=O)NC(NC(=O)N1)C3(C)C)NC(=O)N2. The van der Waals surface area contributed by atoms with Gasteiger partial charge in [0.05, 0.1) is 0 Å². The van der Waals surface area contributed by atoms with Gasteiger partial charge in [-0.05, 0) is 76.2 Å². The van der Waals surface area contributed by atoms with Gasteiger partial charge in [0.2, 0.25) is 23.6 Å². The van der Waals surface area contributed by atoms with Gasteiger partial charge in [0.25, 0.3) is 0 Å². The van der Waals surface area contributed by atoms with E-state index in [1.54, 1.807) is 0 Å². The molecule has 23 heteroatoms. The lowest BCUT2D eigenvalue weighted by Gasteiger charge is -2.57. The molecule has 4 saturated heterocycles. The summed E-state index contributed by atoms with van der Waals surface area (Å²) in [7, 11) is 0. The third kappa shape index (κ3) is 16.2. The van der Waals surface area contributed by atoms with Gasteiger partial charge in [-0.3, -0.25) is 19.2 Å². The van der Waals surface area contributed by atoms with Crippen molar-refractivity contribution in [3.63, 3.8) is 0 Å². The summed E-state index contributed by atoms with van der Waals surface area (Å²) in [4.78, 5) is 113. The van der Waals surface area contributed by atoms with Crippen LogP contribution < -0.4 is 69.1 Å². The molecule has 1 aromatic rings. The molecule has 1 atom stereocenters. The second-order valence-corrected chi connectivity index (χ2v) is 20.4. The third-order valence-electron chi connectivity index (χ3n) is 14.4. The fourth-order valence-electron chi connectivity index (χ4n) is 9.62. The molecule has 23 nitrogen and oxygen atoms in total. The van der Waals surface area contributed by atoms with E-state index in [9.17, 15) is 43.2 Å². The highest BCUT2D eigenvalue weighted by atomic mass is 16.5. The number of nitrogens with one attached hydrogen (secondary N) is 13. The molecule has 0 spiro atoms. The van der Waals surface area contributed by atoms with Crippen molar-refractivity contribution in [1.82, 2.24) is 69.1 Å². The topological polar surface area (TPSA) is 319 Å². The van der Waals surface area contributed by atoms with Gasteiger partial charge < -0.3 is 73.9 Å². The summed E-state index contributed by atoms with van der Waals surface area (Å²) in [5, 5.41) is 36.9. The van der Waals surface area contributed by atoms with Crippen molar-refractivity contribution in [2.45, 2.75) is 180 Å². The Labute approximate surface area is 422 Å². The maximum atomic E-state index is 13.3. The number of alkyl carbamates (subject to hydrolysis) is 1. The maximum absolute atomic E-state index is 13.3. The zero-order chi connectivity index (χ0) is 52.2. The van der Waals surface area contributed by atoms with Crippen LogP contribution in [0.5, 0.6) is 0 Å². The first-order chi connectivity index (χ1) is 34.3. The number of carbonyl (C=O) groups is 9. The second kappa shape index (κ2) is 26.8. The minimum atomic E-state index is -0.992. The van der Waals surface area contributed by atoms with E-state index in [1.807, 2.05) is 58.0 Å². The number of carbonyl (C=O) groups excluding carboxylic acids is 9. The van der Waals surface area contributed by atoms with Crippen molar-refractivity contribution >= 4 is 53.8 Å². The number of amides is 13. The summed E-state index contributed by atoms with van der Waals surface area (Å²) >= 11 is 0. The largest absolute Gasteiger partial charge is 0.445 e. The number of urea groups is 4. The number of fused-ring (bicyclic) bond motifs is 4. The Kier molecular flexibility index (Phi) is 21.0. The summed E-state index contributed by atoms with van der Waals surface area (Å²) in [6.07, 6.45) is 8.66. The van der Waals surface area contributed by atoms with Gasteiger partial charge >= 0.3 is 30.2 Å². The van der Waals surface area contributed by atoms with Crippen LogP contribution in [0.3, 0.4) is 0 Å². The van der Waals surface area contributed by atoms with E-state index in [2.05, 4.69) is 69.1 Å². The Bertz CT molecular complexity index is 2010. The third-order valence-corrected chi connectivity index (χ3v) is 14.4. The Balaban J connectivity index is 0.895. The molecule has 400 valence electrons. The number of hydrogen-bond acceptors (Lipinski definition) is 10. The van der Waals surface area contributed by atoms with Crippen LogP contribution in [-0.2, 0) is 30.5 Å². The van der Waals surface area contributed by atoms with Crippen molar-refractivity contribution in [3.05, 3.63) is 35.9 Å². The van der Waals surface area contributed by atoms with Gasteiger partial charge in [0.15, 0.2) is 0 Å². The number of unbranched alkanes of at least 4 members (excludes halogenated alkanes) is 8. The van der Waals surface area contributed by atoms with Gasteiger partial charge in [0, 0.05) is 56.3 Å². The quantitative estimate of drug-likeness (QED) is 0.0482. The predicted octanol–water partition coefficient (Wildman–Crippen LogP) is 3.12. The predicted molar refractivity (Wildman–Crippen MR) is 266 cm³/mol. The Hall–Kier alpha value is -6.55. The summed E-state index contributed by atoms with van der Waals surface area (Å²) in [5.74, 6) is -0.789. The van der Waals surface area contributed by atoms with Crippen LogP contribution in [0.2, 0.25) is 0 Å². The first kappa shape index (κ1) is 56.4. The van der Waals surface area contributed by atoms with E-state index in [0.29, 0.717) is 84.0 Å². The Morgan fingerprint density at radius 3 is 1.32 bits per heavy atom. The van der Waals surface area contributed by atoms with Crippen LogP contribution in [0.25, 0.3) is 0 Å². The van der Waals surface area contributed by atoms with Crippen LogP contribution in [-0.4, -0.2) is 110 Å². The van der Waals surface area contributed by atoms with Gasteiger partial charge in [0.1, 0.15) is 36.3 Å². The van der Waals surface area contributed by atoms with Crippen LogP contribution >= 0.6 is 0 Å². The molecule has 4 aliphatic heterocycles. The van der Waals surface area contributed by atoms with E-state index in [4.69, 9.17) is 4.74 Å². The molecule has 0 radical (unpaired) electrons. The fraction of sp³-hybridized carbons (Fsp3) is 0.694. The van der Waals surface area contributed by atoms with Crippen LogP contribution in [0.15, 0.2) is 30.3 Å². The minimum Gasteiger partial charge on any atom is -0.445 e. The molecule has 72 heavy (non-hydrogen) atoms. The molecule has 1 aromatic carbocycles. The highest BCUT2D eigenvalue weighted by molar-refractivity contribution is 5.87. The van der Waals surface area contributed by atoms with Gasteiger partial charge in [-0.25, -0.2) is 24.0 Å². The Morgan fingerprint density at radius 2 is 0.903 bits per heavy atom. The molecular weight excluding hydrogens is 931 g/mol. The number of ether oxygens (including phenoxy) is 1. The zero-order valence-electron chi connectivity index (χ0n) is 42.5. The van der Waals surface area contributed by atoms with E-state index >= 15 is 0 Å². The summed E-state index contributed by atoms with van der Waals surface area (Å²) < 4.78 is 5.35. The standard InChI is InChI=1S/C49H79N13O10/c1-46(2)39-55-41(67)59-48(46,60-42(68)56-39)26-14-12-22-35(63)50-28-16-5-6-18-30-52-37(65)25-24-34(54-45(71)72-32-33-20-10-9-11-21-33)38(66)53-31-19-8-7-17-29-51-36(64)23-13-15-27-49-47(3,4)40(57-43(69)61-49)58-44(70)62-49/h9-11,20-21,34,39-40H,5-8,12-19,22-32H2,1-4H3,(H,50,63)(H,51,64)(H,52,65)(H,53,66)(H,54,71)(H2,55,59,67)(H2,56,60,68)(H2,57,61,69)(H2,58,62,70)/t34-,39?,40?,48?,49?/m0/s1. The first-order valence-corrected chi connectivity index (χ1v) is 25.7. The molecular formula is C49H79N13O10. The normalized spacial score (nSPS) is 22.5. The highest BCUT2D eigenvalue weighted by Gasteiger charge is 2.59. The van der Waals surface area contributed by atoms with Crippen LogP contribution in [0.1, 0.15) is 149 Å². The van der Waals surface area contributed by atoms with E-state index in [-0.39, 0.29) is 61.3 Å². The fourth-order valence-corrected chi connectivity index (χ4v) is 9.62. The van der Waals surface area contributed by atoms with Gasteiger partial charge in [-0.15, -0.1) is 0 Å². The molecule has 0 aromatic heterocycles. The number of hydrogen-bond donors (Lipinski definition) is 13. The average Bonchev–Trinajstić information content (AvgIpc) is 3.31. The lowest BCUT2D eigenvalue weighted by Crippen LogP contribution is -2.85. The smallest absolute Gasteiger partial charge is 0.408 e. The van der Waals surface area contributed by atoms with Crippen molar-refractivity contribution in [1.29, 1.82) is 0 Å². The van der Waals surface area contributed by atoms with Crippen LogP contribution in [0, 0.1) is 10.8 Å². The number of rotatable bonds is 31. The molecule has 4 bridgehead atoms. The molecule has 5 rings (SSSR count). The lowest BCUT2D eigenvalue weighted by molar-refractivity contribution is -0.124. The molecule has 4 fully saturated rings. The molecule has 4 aliphatic rings. The minimum absolute atomic E-state index is 0.0109. The van der Waals surface area contributed by atoms with Gasteiger partial charge in [-0.2, -0.15) is 0 Å². The van der Waals surface area contributed by atoms with E-state index < -0.39 is 52.5 Å². The molecule has 13 N–H and O–H groups in total. The van der Waals surface area contributed by atoms with E-state index in [0.717, 1.165) is 50.5 Å².